The number of hydrogen-bond acceptors (Lipinski definition) is 4. The van der Waals surface area contributed by atoms with E-state index < -0.39 is 11.9 Å². The number of nitrogens with one attached hydrogen (secondary N) is 1. The fraction of sp³-hybridized carbons (Fsp3) is 0.643. The van der Waals surface area contributed by atoms with Crippen molar-refractivity contribution < 1.29 is 22.6 Å². The van der Waals surface area contributed by atoms with Crippen LogP contribution in [-0.4, -0.2) is 37.5 Å². The van der Waals surface area contributed by atoms with E-state index in [1.807, 2.05) is 22.6 Å². The highest BCUT2D eigenvalue weighted by atomic mass is 127. The molecule has 4 nitrogen and oxygen atoms in total. The Bertz CT molecular complexity index is 480. The minimum atomic E-state index is -4.43. The van der Waals surface area contributed by atoms with Gasteiger partial charge in [-0.15, -0.1) is 0 Å². The van der Waals surface area contributed by atoms with Crippen molar-refractivity contribution in [2.45, 2.75) is 31.5 Å². The summed E-state index contributed by atoms with van der Waals surface area (Å²) in [6.07, 6.45) is -1.43. The molecule has 0 spiro atoms. The van der Waals surface area contributed by atoms with Crippen molar-refractivity contribution in [3.63, 3.8) is 0 Å². The van der Waals surface area contributed by atoms with Crippen LogP contribution in [0, 0.1) is 3.57 Å². The Kier molecular flexibility index (Phi) is 6.69. The smallest absolute Gasteiger partial charge is 0.379 e. The summed E-state index contributed by atoms with van der Waals surface area (Å²) < 4.78 is 49.4. The first kappa shape index (κ1) is 17.7. The van der Waals surface area contributed by atoms with Crippen LogP contribution in [-0.2, 0) is 15.7 Å². The number of hydrogen-bond donors (Lipinski definition) is 1. The molecule has 0 radical (unpaired) electrons. The molecule has 2 heterocycles. The minimum absolute atomic E-state index is 0.194. The molecule has 2 rings (SSSR count). The molecule has 0 aromatic carbocycles. The number of rotatable bonds is 7. The molecule has 1 aromatic heterocycles. The van der Waals surface area contributed by atoms with E-state index in [1.165, 1.54) is 6.07 Å². The van der Waals surface area contributed by atoms with Gasteiger partial charge < -0.3 is 14.8 Å². The van der Waals surface area contributed by atoms with Crippen molar-refractivity contribution in [1.29, 1.82) is 0 Å². The van der Waals surface area contributed by atoms with Crippen molar-refractivity contribution >= 4 is 28.4 Å². The van der Waals surface area contributed by atoms with Gasteiger partial charge in [-0.05, 0) is 54.0 Å². The molecule has 8 heteroatoms. The molecule has 1 N–H and O–H groups in total. The monoisotopic (exact) mass is 430 g/mol. The Balaban J connectivity index is 1.69. The maximum atomic E-state index is 12.6. The van der Waals surface area contributed by atoms with E-state index in [0.717, 1.165) is 25.5 Å². The summed E-state index contributed by atoms with van der Waals surface area (Å²) >= 11 is 1.96. The average molecular weight is 430 g/mol. The van der Waals surface area contributed by atoms with Gasteiger partial charge in [-0.1, -0.05) is 0 Å². The fourth-order valence-corrected chi connectivity index (χ4v) is 2.59. The van der Waals surface area contributed by atoms with Gasteiger partial charge in [0.05, 0.1) is 16.3 Å². The Morgan fingerprint density at radius 1 is 1.41 bits per heavy atom. The molecule has 1 fully saturated rings. The molecule has 1 aromatic rings. The van der Waals surface area contributed by atoms with Crippen molar-refractivity contribution in [3.8, 4) is 0 Å². The van der Waals surface area contributed by atoms with Gasteiger partial charge in [0.1, 0.15) is 11.5 Å². The SMILES string of the molecule is FC(F)(F)c1ccc(I)c(NCCCOCC2CCCO2)n1. The normalized spacial score (nSPS) is 18.6. The minimum Gasteiger partial charge on any atom is -0.379 e. The third kappa shape index (κ3) is 5.54. The molecule has 0 saturated carbocycles. The highest BCUT2D eigenvalue weighted by molar-refractivity contribution is 14.1. The second-order valence-electron chi connectivity index (χ2n) is 5.01. The van der Waals surface area contributed by atoms with E-state index in [2.05, 4.69) is 10.3 Å². The molecular formula is C14H18F3IN2O2. The van der Waals surface area contributed by atoms with Crippen LogP contribution in [0.15, 0.2) is 12.1 Å². The first-order valence-electron chi connectivity index (χ1n) is 7.14. The summed E-state index contributed by atoms with van der Waals surface area (Å²) in [6.45, 7) is 2.44. The van der Waals surface area contributed by atoms with Crippen LogP contribution in [0.2, 0.25) is 0 Å². The fourth-order valence-electron chi connectivity index (χ4n) is 2.10. The standard InChI is InChI=1S/C14H18F3IN2O2/c15-14(16,17)12-5-4-11(18)13(20-12)19-6-2-7-21-9-10-3-1-8-22-10/h4-5,10H,1-3,6-9H2,(H,19,20). The lowest BCUT2D eigenvalue weighted by Crippen LogP contribution is -2.16. The molecule has 1 unspecified atom stereocenters. The summed E-state index contributed by atoms with van der Waals surface area (Å²) in [5, 5.41) is 2.92. The molecule has 0 amide bonds. The van der Waals surface area contributed by atoms with E-state index >= 15 is 0 Å². The molecule has 124 valence electrons. The predicted molar refractivity (Wildman–Crippen MR) is 84.9 cm³/mol. The topological polar surface area (TPSA) is 43.4 Å². The maximum Gasteiger partial charge on any atom is 0.433 e. The first-order chi connectivity index (χ1) is 10.5. The lowest BCUT2D eigenvalue weighted by Gasteiger charge is -2.12. The van der Waals surface area contributed by atoms with E-state index in [4.69, 9.17) is 9.47 Å². The van der Waals surface area contributed by atoms with E-state index in [9.17, 15) is 13.2 Å². The summed E-state index contributed by atoms with van der Waals surface area (Å²) in [7, 11) is 0. The van der Waals surface area contributed by atoms with Crippen LogP contribution in [0.3, 0.4) is 0 Å². The first-order valence-corrected chi connectivity index (χ1v) is 8.21. The van der Waals surface area contributed by atoms with Gasteiger partial charge in [-0.2, -0.15) is 13.2 Å². The van der Waals surface area contributed by atoms with Gasteiger partial charge in [0, 0.05) is 19.8 Å². The van der Waals surface area contributed by atoms with Crippen LogP contribution >= 0.6 is 22.6 Å². The highest BCUT2D eigenvalue weighted by Gasteiger charge is 2.32. The van der Waals surface area contributed by atoms with Crippen LogP contribution in [0.1, 0.15) is 25.0 Å². The number of nitrogens with zero attached hydrogens (tertiary/aromatic N) is 1. The van der Waals surface area contributed by atoms with Crippen LogP contribution < -0.4 is 5.32 Å². The predicted octanol–water partition coefficient (Wildman–Crippen LogP) is 3.70. The van der Waals surface area contributed by atoms with Crippen LogP contribution in [0.4, 0.5) is 19.0 Å². The van der Waals surface area contributed by atoms with Crippen molar-refractivity contribution in [3.05, 3.63) is 21.4 Å². The van der Waals surface area contributed by atoms with Crippen molar-refractivity contribution in [1.82, 2.24) is 4.98 Å². The molecule has 0 bridgehead atoms. The van der Waals surface area contributed by atoms with E-state index in [-0.39, 0.29) is 11.9 Å². The lowest BCUT2D eigenvalue weighted by atomic mass is 10.2. The maximum absolute atomic E-state index is 12.6. The third-order valence-electron chi connectivity index (χ3n) is 3.22. The molecule has 0 aliphatic carbocycles. The van der Waals surface area contributed by atoms with Gasteiger partial charge in [0.15, 0.2) is 0 Å². The number of pyridine rings is 1. The van der Waals surface area contributed by atoms with Crippen molar-refractivity contribution in [2.24, 2.45) is 0 Å². The Labute approximate surface area is 140 Å². The average Bonchev–Trinajstić information content (AvgIpc) is 2.96. The van der Waals surface area contributed by atoms with Crippen molar-refractivity contribution in [2.75, 3.05) is 31.7 Å². The van der Waals surface area contributed by atoms with Crippen LogP contribution in [0.5, 0.6) is 0 Å². The van der Waals surface area contributed by atoms with Gasteiger partial charge in [-0.3, -0.25) is 0 Å². The third-order valence-corrected chi connectivity index (χ3v) is 4.09. The van der Waals surface area contributed by atoms with Gasteiger partial charge in [0.2, 0.25) is 0 Å². The molecule has 1 atom stereocenters. The van der Waals surface area contributed by atoms with Gasteiger partial charge in [0.25, 0.3) is 0 Å². The summed E-state index contributed by atoms with van der Waals surface area (Å²) in [6, 6.07) is 2.39. The number of anilines is 1. The summed E-state index contributed by atoms with van der Waals surface area (Å²) in [5.74, 6) is 0.259. The van der Waals surface area contributed by atoms with Gasteiger partial charge in [-0.25, -0.2) is 4.98 Å². The Hall–Kier alpha value is -0.610. The Morgan fingerprint density at radius 3 is 2.91 bits per heavy atom. The summed E-state index contributed by atoms with van der Waals surface area (Å²) in [4.78, 5) is 3.62. The van der Waals surface area contributed by atoms with Gasteiger partial charge >= 0.3 is 6.18 Å². The molecule has 1 aliphatic rings. The molecular weight excluding hydrogens is 412 g/mol. The zero-order valence-electron chi connectivity index (χ0n) is 12.0. The van der Waals surface area contributed by atoms with Crippen LogP contribution in [0.25, 0.3) is 0 Å². The number of ether oxygens (including phenoxy) is 2. The largest absolute Gasteiger partial charge is 0.433 e. The second kappa shape index (κ2) is 8.30. The molecule has 22 heavy (non-hydrogen) atoms. The highest BCUT2D eigenvalue weighted by Crippen LogP contribution is 2.29. The quantitative estimate of drug-likeness (QED) is 0.530. The number of alkyl halides is 3. The summed E-state index contributed by atoms with van der Waals surface area (Å²) in [5.41, 5.74) is -0.884. The lowest BCUT2D eigenvalue weighted by molar-refractivity contribution is -0.141. The zero-order valence-corrected chi connectivity index (χ0v) is 14.1. The van der Waals surface area contributed by atoms with E-state index in [1.54, 1.807) is 0 Å². The second-order valence-corrected chi connectivity index (χ2v) is 6.18. The number of aromatic nitrogens is 1. The molecule has 1 saturated heterocycles. The van der Waals surface area contributed by atoms with E-state index in [0.29, 0.717) is 29.7 Å². The zero-order chi connectivity index (χ0) is 16.0. The number of halogens is 4. The molecule has 1 aliphatic heterocycles. The Morgan fingerprint density at radius 2 is 2.23 bits per heavy atom.